The van der Waals surface area contributed by atoms with Gasteiger partial charge in [0, 0.05) is 17.5 Å². The molecule has 21 heavy (non-hydrogen) atoms. The van der Waals surface area contributed by atoms with Crippen molar-refractivity contribution in [2.75, 3.05) is 0 Å². The second-order valence-corrected chi connectivity index (χ2v) is 6.01. The van der Waals surface area contributed by atoms with Gasteiger partial charge in [-0.2, -0.15) is 0 Å². The number of nitrogens with one attached hydrogen (secondary N) is 1. The minimum atomic E-state index is -0.677. The maximum atomic E-state index is 14.0. The molecule has 2 aromatic carbocycles. The summed E-state index contributed by atoms with van der Waals surface area (Å²) in [6, 6.07) is 8.70. The third-order valence-corrected chi connectivity index (χ3v) is 3.97. The van der Waals surface area contributed by atoms with Gasteiger partial charge >= 0.3 is 0 Å². The molecule has 0 aromatic heterocycles. The SMILES string of the molecule is CC(C)NCc1cc(F)c(Sc2ccccc2F)c(F)c1. The zero-order valence-electron chi connectivity index (χ0n) is 11.8. The first-order valence-electron chi connectivity index (χ1n) is 6.61. The molecule has 112 valence electrons. The quantitative estimate of drug-likeness (QED) is 0.855. The van der Waals surface area contributed by atoms with Crippen LogP contribution in [0.25, 0.3) is 0 Å². The first kappa shape index (κ1) is 15.9. The lowest BCUT2D eigenvalue weighted by molar-refractivity contribution is 0.528. The van der Waals surface area contributed by atoms with E-state index in [0.717, 1.165) is 11.8 Å². The van der Waals surface area contributed by atoms with Gasteiger partial charge in [0.25, 0.3) is 0 Å². The summed E-state index contributed by atoms with van der Waals surface area (Å²) in [5.41, 5.74) is 0.525. The number of halogens is 3. The van der Waals surface area contributed by atoms with Crippen LogP contribution in [0.3, 0.4) is 0 Å². The lowest BCUT2D eigenvalue weighted by Gasteiger charge is -2.11. The van der Waals surface area contributed by atoms with Crippen LogP contribution in [0.1, 0.15) is 19.4 Å². The van der Waals surface area contributed by atoms with Crippen LogP contribution in [0.4, 0.5) is 13.2 Å². The molecule has 0 heterocycles. The lowest BCUT2D eigenvalue weighted by atomic mass is 10.2. The molecule has 0 saturated carbocycles. The van der Waals surface area contributed by atoms with Gasteiger partial charge in [0.05, 0.1) is 4.90 Å². The zero-order chi connectivity index (χ0) is 15.4. The highest BCUT2D eigenvalue weighted by molar-refractivity contribution is 7.99. The maximum Gasteiger partial charge on any atom is 0.140 e. The number of benzene rings is 2. The highest BCUT2D eigenvalue weighted by Crippen LogP contribution is 2.34. The molecule has 1 nitrogen and oxygen atoms in total. The molecule has 0 bridgehead atoms. The van der Waals surface area contributed by atoms with E-state index < -0.39 is 17.5 Å². The van der Waals surface area contributed by atoms with Gasteiger partial charge in [-0.25, -0.2) is 13.2 Å². The topological polar surface area (TPSA) is 12.0 Å². The minimum Gasteiger partial charge on any atom is -0.310 e. The van der Waals surface area contributed by atoms with Crippen LogP contribution in [0.15, 0.2) is 46.2 Å². The third-order valence-electron chi connectivity index (χ3n) is 2.82. The van der Waals surface area contributed by atoms with E-state index in [1.807, 2.05) is 13.8 Å². The lowest BCUT2D eigenvalue weighted by Crippen LogP contribution is -2.22. The second kappa shape index (κ2) is 7.00. The summed E-state index contributed by atoms with van der Waals surface area (Å²) in [5, 5.41) is 3.09. The first-order chi connectivity index (χ1) is 9.97. The van der Waals surface area contributed by atoms with Crippen molar-refractivity contribution >= 4 is 11.8 Å². The molecular formula is C16H16F3NS. The first-order valence-corrected chi connectivity index (χ1v) is 7.42. The van der Waals surface area contributed by atoms with Gasteiger partial charge in [-0.1, -0.05) is 37.7 Å². The Hall–Kier alpha value is -1.46. The van der Waals surface area contributed by atoms with E-state index in [-0.39, 0.29) is 15.8 Å². The maximum absolute atomic E-state index is 14.0. The molecule has 0 radical (unpaired) electrons. The van der Waals surface area contributed by atoms with E-state index in [1.165, 1.54) is 30.3 Å². The molecule has 2 aromatic rings. The van der Waals surface area contributed by atoms with Crippen LogP contribution in [0.5, 0.6) is 0 Å². The van der Waals surface area contributed by atoms with E-state index in [2.05, 4.69) is 5.32 Å². The molecule has 0 unspecified atom stereocenters. The van der Waals surface area contributed by atoms with Crippen molar-refractivity contribution in [3.63, 3.8) is 0 Å². The molecule has 0 fully saturated rings. The van der Waals surface area contributed by atoms with Crippen LogP contribution in [0, 0.1) is 17.5 Å². The molecule has 0 aliphatic rings. The molecule has 1 N–H and O–H groups in total. The summed E-state index contributed by atoms with van der Waals surface area (Å²) < 4.78 is 41.6. The Morgan fingerprint density at radius 2 is 1.62 bits per heavy atom. The molecule has 0 aliphatic heterocycles. The fourth-order valence-electron chi connectivity index (χ4n) is 1.77. The molecule has 0 saturated heterocycles. The van der Waals surface area contributed by atoms with Crippen LogP contribution in [-0.4, -0.2) is 6.04 Å². The fraction of sp³-hybridized carbons (Fsp3) is 0.250. The van der Waals surface area contributed by atoms with Gasteiger partial charge < -0.3 is 5.32 Å². The minimum absolute atomic E-state index is 0.187. The Morgan fingerprint density at radius 1 is 1.00 bits per heavy atom. The van der Waals surface area contributed by atoms with Crippen LogP contribution < -0.4 is 5.32 Å². The Morgan fingerprint density at radius 3 is 2.19 bits per heavy atom. The highest BCUT2D eigenvalue weighted by Gasteiger charge is 2.14. The van der Waals surface area contributed by atoms with Crippen molar-refractivity contribution in [2.45, 2.75) is 36.2 Å². The van der Waals surface area contributed by atoms with Crippen LogP contribution in [0.2, 0.25) is 0 Å². The predicted octanol–water partition coefficient (Wildman–Crippen LogP) is 4.75. The molecule has 0 spiro atoms. The smallest absolute Gasteiger partial charge is 0.140 e. The summed E-state index contributed by atoms with van der Waals surface area (Å²) in [4.78, 5) is 0.0109. The molecule has 2 rings (SSSR count). The van der Waals surface area contributed by atoms with Crippen molar-refractivity contribution in [3.05, 3.63) is 59.4 Å². The largest absolute Gasteiger partial charge is 0.310 e. The molecule has 0 amide bonds. The molecule has 0 aliphatic carbocycles. The van der Waals surface area contributed by atoms with E-state index in [4.69, 9.17) is 0 Å². The Kier molecular flexibility index (Phi) is 5.31. The van der Waals surface area contributed by atoms with Crippen molar-refractivity contribution in [3.8, 4) is 0 Å². The van der Waals surface area contributed by atoms with Gasteiger partial charge in [0.1, 0.15) is 17.5 Å². The van der Waals surface area contributed by atoms with Gasteiger partial charge in [-0.15, -0.1) is 0 Å². The van der Waals surface area contributed by atoms with E-state index >= 15 is 0 Å². The van der Waals surface area contributed by atoms with Gasteiger partial charge in [-0.05, 0) is 29.8 Å². The standard InChI is InChI=1S/C16H16F3NS/c1-10(2)20-9-11-7-13(18)16(14(19)8-11)21-15-6-4-3-5-12(15)17/h3-8,10,20H,9H2,1-2H3. The van der Waals surface area contributed by atoms with E-state index in [9.17, 15) is 13.2 Å². The molecule has 0 atom stereocenters. The van der Waals surface area contributed by atoms with Gasteiger partial charge in [-0.3, -0.25) is 0 Å². The Labute approximate surface area is 126 Å². The monoisotopic (exact) mass is 311 g/mol. The van der Waals surface area contributed by atoms with Crippen molar-refractivity contribution in [1.29, 1.82) is 0 Å². The van der Waals surface area contributed by atoms with Crippen molar-refractivity contribution in [2.24, 2.45) is 0 Å². The van der Waals surface area contributed by atoms with Crippen LogP contribution >= 0.6 is 11.8 Å². The number of rotatable bonds is 5. The van der Waals surface area contributed by atoms with Gasteiger partial charge in [0.2, 0.25) is 0 Å². The number of hydrogen-bond acceptors (Lipinski definition) is 2. The third kappa shape index (κ3) is 4.25. The average molecular weight is 311 g/mol. The van der Waals surface area contributed by atoms with E-state index in [1.54, 1.807) is 6.07 Å². The molecular weight excluding hydrogens is 295 g/mol. The highest BCUT2D eigenvalue weighted by atomic mass is 32.2. The zero-order valence-corrected chi connectivity index (χ0v) is 12.6. The van der Waals surface area contributed by atoms with Crippen molar-refractivity contribution < 1.29 is 13.2 Å². The van der Waals surface area contributed by atoms with Crippen LogP contribution in [-0.2, 0) is 6.54 Å². The fourth-order valence-corrected chi connectivity index (χ4v) is 2.62. The Bertz CT molecular complexity index is 606. The summed E-state index contributed by atoms with van der Waals surface area (Å²) in [6.45, 7) is 4.29. The van der Waals surface area contributed by atoms with Crippen molar-refractivity contribution in [1.82, 2.24) is 5.32 Å². The summed E-state index contributed by atoms with van der Waals surface area (Å²) in [5.74, 6) is -1.85. The Balaban J connectivity index is 2.23. The second-order valence-electron chi connectivity index (χ2n) is 4.96. The average Bonchev–Trinajstić information content (AvgIpc) is 2.42. The summed E-state index contributed by atoms with van der Waals surface area (Å²) in [7, 11) is 0. The summed E-state index contributed by atoms with van der Waals surface area (Å²) >= 11 is 0.755. The molecule has 5 heteroatoms. The predicted molar refractivity (Wildman–Crippen MR) is 78.9 cm³/mol. The normalized spacial score (nSPS) is 11.1. The number of hydrogen-bond donors (Lipinski definition) is 1. The van der Waals surface area contributed by atoms with E-state index in [0.29, 0.717) is 12.1 Å². The summed E-state index contributed by atoms with van der Waals surface area (Å²) in [6.07, 6.45) is 0. The van der Waals surface area contributed by atoms with Gasteiger partial charge in [0.15, 0.2) is 0 Å².